The molecule has 12 nitrogen and oxygen atoms in total. The Hall–Kier alpha value is -1.95. The molecular weight excluding hydrogens is 453 g/mol. The van der Waals surface area contributed by atoms with Crippen LogP contribution in [-0.4, -0.2) is 68.6 Å². The van der Waals surface area contributed by atoms with Gasteiger partial charge < -0.3 is 29.4 Å². The van der Waals surface area contributed by atoms with Gasteiger partial charge >= 0.3 is 20.3 Å². The fourth-order valence-corrected chi connectivity index (χ4v) is 4.19. The van der Waals surface area contributed by atoms with Gasteiger partial charge in [0.2, 0.25) is 5.28 Å². The van der Waals surface area contributed by atoms with Gasteiger partial charge in [0.25, 0.3) is 0 Å². The van der Waals surface area contributed by atoms with Crippen molar-refractivity contribution in [2.24, 2.45) is 0 Å². The van der Waals surface area contributed by atoms with Gasteiger partial charge in [-0.1, -0.05) is 4.57 Å². The summed E-state index contributed by atoms with van der Waals surface area (Å²) in [6.07, 6.45) is -0.869. The highest BCUT2D eigenvalue weighted by Gasteiger charge is 2.56. The van der Waals surface area contributed by atoms with E-state index in [0.29, 0.717) is 11.2 Å². The Kier molecular flexibility index (Phi) is 6.12. The Balaban J connectivity index is 1.59. The third-order valence-electron chi connectivity index (χ3n) is 4.86. The molecule has 0 aromatic carbocycles. The lowest BCUT2D eigenvalue weighted by Gasteiger charge is -2.24. The van der Waals surface area contributed by atoms with E-state index < -0.39 is 50.6 Å². The summed E-state index contributed by atoms with van der Waals surface area (Å²) in [6, 6.07) is 0. The SMILES string of the molecule is CCOC(=O)C(OCC1OC(n2cnc3c(N)nc(Cl)nc32)C2OC(C)(C)OC12)[PH+]=O. The molecule has 0 saturated carbocycles. The lowest BCUT2D eigenvalue weighted by Crippen LogP contribution is -2.35. The molecule has 0 aliphatic carbocycles. The fraction of sp³-hybridized carbons (Fsp3) is 0.647. The van der Waals surface area contributed by atoms with Gasteiger partial charge in [0.1, 0.15) is 23.8 Å². The van der Waals surface area contributed by atoms with Crippen LogP contribution in [0.5, 0.6) is 0 Å². The second kappa shape index (κ2) is 8.53. The number of hydrogen-bond acceptors (Lipinski definition) is 11. The van der Waals surface area contributed by atoms with Crippen LogP contribution in [0.3, 0.4) is 0 Å². The van der Waals surface area contributed by atoms with Crippen LogP contribution in [0.4, 0.5) is 5.82 Å². The van der Waals surface area contributed by atoms with E-state index in [4.69, 9.17) is 41.0 Å². The molecular formula is C17H22ClN5O7P+. The van der Waals surface area contributed by atoms with E-state index in [9.17, 15) is 9.36 Å². The summed E-state index contributed by atoms with van der Waals surface area (Å²) >= 11 is 5.97. The van der Waals surface area contributed by atoms with Crippen molar-refractivity contribution in [3.05, 3.63) is 11.6 Å². The first-order valence-electron chi connectivity index (χ1n) is 9.56. The number of anilines is 1. The quantitative estimate of drug-likeness (QED) is 0.352. The van der Waals surface area contributed by atoms with E-state index in [1.165, 1.54) is 6.33 Å². The summed E-state index contributed by atoms with van der Waals surface area (Å²) in [6.45, 7) is 5.30. The zero-order valence-corrected chi connectivity index (χ0v) is 18.7. The van der Waals surface area contributed by atoms with E-state index >= 15 is 0 Å². The number of nitrogen functional groups attached to an aromatic ring is 1. The number of fused-ring (bicyclic) bond motifs is 2. The number of nitrogens with zero attached hydrogens (tertiary/aromatic N) is 4. The molecule has 4 heterocycles. The van der Waals surface area contributed by atoms with Crippen LogP contribution in [0, 0.1) is 0 Å². The highest BCUT2D eigenvalue weighted by atomic mass is 35.5. The topological polar surface area (TPSA) is 150 Å². The largest absolute Gasteiger partial charge is 0.461 e. The maximum absolute atomic E-state index is 11.9. The monoisotopic (exact) mass is 474 g/mol. The Morgan fingerprint density at radius 3 is 2.84 bits per heavy atom. The maximum atomic E-state index is 11.9. The Morgan fingerprint density at radius 1 is 1.39 bits per heavy atom. The molecule has 14 heteroatoms. The lowest BCUT2D eigenvalue weighted by atomic mass is 10.1. The minimum atomic E-state index is -1.21. The summed E-state index contributed by atoms with van der Waals surface area (Å²) < 4.78 is 41.7. The van der Waals surface area contributed by atoms with Crippen molar-refractivity contribution in [2.75, 3.05) is 18.9 Å². The molecule has 31 heavy (non-hydrogen) atoms. The molecule has 6 atom stereocenters. The van der Waals surface area contributed by atoms with Gasteiger partial charge in [-0.2, -0.15) is 9.97 Å². The van der Waals surface area contributed by atoms with Crippen molar-refractivity contribution in [3.63, 3.8) is 0 Å². The number of aromatic nitrogens is 4. The lowest BCUT2D eigenvalue weighted by molar-refractivity contribution is -0.203. The number of carbonyl (C=O) groups is 1. The van der Waals surface area contributed by atoms with E-state index in [-0.39, 0.29) is 24.3 Å². The Bertz CT molecular complexity index is 1000. The van der Waals surface area contributed by atoms with Crippen LogP contribution in [0.2, 0.25) is 5.28 Å². The summed E-state index contributed by atoms with van der Waals surface area (Å²) in [4.78, 5) is 24.3. The minimum Gasteiger partial charge on any atom is -0.461 e. The highest BCUT2D eigenvalue weighted by Crippen LogP contribution is 2.44. The molecule has 0 bridgehead atoms. The normalized spacial score (nSPS) is 28.1. The molecule has 2 aliphatic rings. The molecule has 168 valence electrons. The molecule has 2 aromatic rings. The van der Waals surface area contributed by atoms with E-state index in [0.717, 1.165) is 0 Å². The second-order valence-electron chi connectivity index (χ2n) is 7.42. The summed E-state index contributed by atoms with van der Waals surface area (Å²) in [5.74, 6) is -2.65. The molecule has 0 spiro atoms. The second-order valence-corrected chi connectivity index (χ2v) is 8.51. The number of imidazole rings is 1. The van der Waals surface area contributed by atoms with Crippen molar-refractivity contribution in [2.45, 2.75) is 56.9 Å². The van der Waals surface area contributed by atoms with E-state index in [1.54, 1.807) is 25.3 Å². The van der Waals surface area contributed by atoms with Crippen molar-refractivity contribution < 1.29 is 33.0 Å². The van der Waals surface area contributed by atoms with Crippen molar-refractivity contribution in [1.82, 2.24) is 19.5 Å². The number of nitrogens with two attached hydrogens (primary N) is 1. The average Bonchev–Trinajstić information content (AvgIpc) is 3.34. The molecule has 4 rings (SSSR count). The van der Waals surface area contributed by atoms with Gasteiger partial charge in [-0.3, -0.25) is 4.57 Å². The van der Waals surface area contributed by atoms with Crippen LogP contribution in [0.25, 0.3) is 11.2 Å². The van der Waals surface area contributed by atoms with Gasteiger partial charge in [0.05, 0.1) is 19.5 Å². The highest BCUT2D eigenvalue weighted by molar-refractivity contribution is 7.26. The molecule has 2 aliphatic heterocycles. The van der Waals surface area contributed by atoms with Crippen LogP contribution in [0.15, 0.2) is 6.33 Å². The predicted molar refractivity (Wildman–Crippen MR) is 108 cm³/mol. The predicted octanol–water partition coefficient (Wildman–Crippen LogP) is 1.41. The standard InChI is InChI=1S/C17H21ClN5O7P/c1-4-26-14(24)15(31-25)27-5-7-9-10(30-17(2,3)29-9)13(28-7)23-6-20-8-11(19)21-16(18)22-12(8)23/h6-7,9-10,13,15H,4-5H2,1-3H3,(H2,19,21,22)/p+1. The number of rotatable bonds is 7. The number of esters is 1. The third-order valence-corrected chi connectivity index (χ3v) is 5.64. The van der Waals surface area contributed by atoms with Crippen LogP contribution in [0.1, 0.15) is 27.0 Å². The molecule has 2 N–H and O–H groups in total. The third kappa shape index (κ3) is 4.23. The maximum Gasteiger partial charge on any atom is 0.387 e. The first-order chi connectivity index (χ1) is 14.7. The van der Waals surface area contributed by atoms with Gasteiger partial charge in [-0.25, -0.2) is 9.78 Å². The van der Waals surface area contributed by atoms with Crippen molar-refractivity contribution in [1.29, 1.82) is 0 Å². The zero-order chi connectivity index (χ0) is 22.3. The minimum absolute atomic E-state index is 0.0289. The number of halogens is 1. The van der Waals surface area contributed by atoms with Gasteiger partial charge in [0.15, 0.2) is 23.5 Å². The van der Waals surface area contributed by atoms with Gasteiger partial charge in [-0.05, 0) is 32.4 Å². The van der Waals surface area contributed by atoms with Crippen LogP contribution in [-0.2, 0) is 33.0 Å². The number of ether oxygens (including phenoxy) is 5. The Labute approximate surface area is 183 Å². The van der Waals surface area contributed by atoms with Crippen molar-refractivity contribution >= 4 is 43.0 Å². The van der Waals surface area contributed by atoms with Crippen LogP contribution >= 0.6 is 20.1 Å². The van der Waals surface area contributed by atoms with Gasteiger partial charge in [-0.15, -0.1) is 0 Å². The Morgan fingerprint density at radius 2 is 2.13 bits per heavy atom. The molecule has 2 saturated heterocycles. The van der Waals surface area contributed by atoms with Crippen molar-refractivity contribution in [3.8, 4) is 0 Å². The van der Waals surface area contributed by atoms with E-state index in [2.05, 4.69) is 15.0 Å². The molecule has 0 radical (unpaired) electrons. The first-order valence-corrected chi connectivity index (χ1v) is 10.9. The molecule has 0 amide bonds. The van der Waals surface area contributed by atoms with Crippen LogP contribution < -0.4 is 5.73 Å². The molecule has 6 unspecified atom stereocenters. The summed E-state index contributed by atoms with van der Waals surface area (Å²) in [5.41, 5.74) is 6.64. The first kappa shape index (κ1) is 22.3. The molecule has 2 fully saturated rings. The van der Waals surface area contributed by atoms with Gasteiger partial charge in [0, 0.05) is 0 Å². The van der Waals surface area contributed by atoms with E-state index in [1.807, 2.05) is 0 Å². The average molecular weight is 475 g/mol. The number of carbonyl (C=O) groups excluding carboxylic acids is 1. The summed E-state index contributed by atoms with van der Waals surface area (Å²) in [7, 11) is -1.03. The fourth-order valence-electron chi connectivity index (χ4n) is 3.67. The molecule has 2 aromatic heterocycles. The smallest absolute Gasteiger partial charge is 0.387 e. The zero-order valence-electron chi connectivity index (χ0n) is 17.0. The number of hydrogen-bond donors (Lipinski definition) is 1. The summed E-state index contributed by atoms with van der Waals surface area (Å²) in [5, 5.41) is -0.0289.